The average molecular weight is 427 g/mol. The fourth-order valence-corrected chi connectivity index (χ4v) is 3.65. The number of carbonyl (C=O) groups is 2. The molecule has 31 heavy (non-hydrogen) atoms. The predicted molar refractivity (Wildman–Crippen MR) is 118 cm³/mol. The minimum atomic E-state index is -0.0134. The highest BCUT2D eigenvalue weighted by molar-refractivity contribution is 5.94. The van der Waals surface area contributed by atoms with Crippen molar-refractivity contribution in [2.45, 2.75) is 19.8 Å². The Hall–Kier alpha value is -3.22. The molecule has 2 aromatic rings. The van der Waals surface area contributed by atoms with Gasteiger partial charge in [0.05, 0.1) is 20.8 Å². The van der Waals surface area contributed by atoms with Crippen LogP contribution in [-0.2, 0) is 11.2 Å². The largest absolute Gasteiger partial charge is 0.494 e. The second-order valence-electron chi connectivity index (χ2n) is 7.32. The molecule has 0 saturated carbocycles. The van der Waals surface area contributed by atoms with E-state index in [9.17, 15) is 9.59 Å². The van der Waals surface area contributed by atoms with E-state index in [4.69, 9.17) is 14.2 Å². The topological polar surface area (TPSA) is 68.3 Å². The van der Waals surface area contributed by atoms with Gasteiger partial charge < -0.3 is 24.0 Å². The standard InChI is InChI=1S/C24H30N2O5/c1-4-31-20-9-7-19(8-10-20)24(28)26-15-13-25(14-16-26)23(27)12-6-18-5-11-21(29-2)22(17-18)30-3/h5,7-11,17H,4,6,12-16H2,1-3H3. The van der Waals surface area contributed by atoms with Gasteiger partial charge in [-0.25, -0.2) is 0 Å². The zero-order valence-electron chi connectivity index (χ0n) is 18.4. The van der Waals surface area contributed by atoms with Crippen molar-refractivity contribution in [1.29, 1.82) is 0 Å². The summed E-state index contributed by atoms with van der Waals surface area (Å²) in [5, 5.41) is 0. The highest BCUT2D eigenvalue weighted by Crippen LogP contribution is 2.28. The molecule has 166 valence electrons. The van der Waals surface area contributed by atoms with Gasteiger partial charge in [0.1, 0.15) is 5.75 Å². The van der Waals surface area contributed by atoms with Crippen LogP contribution in [-0.4, -0.2) is 68.6 Å². The first-order chi connectivity index (χ1) is 15.0. The van der Waals surface area contributed by atoms with E-state index in [1.54, 1.807) is 31.3 Å². The minimum Gasteiger partial charge on any atom is -0.494 e. The Morgan fingerprint density at radius 1 is 0.871 bits per heavy atom. The smallest absolute Gasteiger partial charge is 0.253 e. The molecule has 2 amide bonds. The van der Waals surface area contributed by atoms with Crippen molar-refractivity contribution in [2.75, 3.05) is 47.0 Å². The maximum absolute atomic E-state index is 12.7. The number of carbonyl (C=O) groups excluding carboxylic acids is 2. The van der Waals surface area contributed by atoms with Gasteiger partial charge in [-0.15, -0.1) is 0 Å². The van der Waals surface area contributed by atoms with Crippen LogP contribution in [0.4, 0.5) is 0 Å². The SMILES string of the molecule is CCOc1ccc(C(=O)N2CCN(C(=O)CCc3ccc(OC)c(OC)c3)CC2)cc1. The Bertz CT molecular complexity index is 889. The van der Waals surface area contributed by atoms with Gasteiger partial charge in [0.15, 0.2) is 11.5 Å². The van der Waals surface area contributed by atoms with E-state index < -0.39 is 0 Å². The van der Waals surface area contributed by atoms with Crippen molar-refractivity contribution >= 4 is 11.8 Å². The molecule has 0 spiro atoms. The van der Waals surface area contributed by atoms with Gasteiger partial charge in [-0.05, 0) is 55.3 Å². The molecule has 0 radical (unpaired) electrons. The molecule has 1 fully saturated rings. The number of piperazine rings is 1. The number of nitrogens with zero attached hydrogens (tertiary/aromatic N) is 2. The molecule has 0 aromatic heterocycles. The van der Waals surface area contributed by atoms with Crippen LogP contribution >= 0.6 is 0 Å². The van der Waals surface area contributed by atoms with E-state index in [0.717, 1.165) is 11.3 Å². The monoisotopic (exact) mass is 426 g/mol. The summed E-state index contributed by atoms with van der Waals surface area (Å²) in [6.07, 6.45) is 1.05. The van der Waals surface area contributed by atoms with E-state index in [1.807, 2.05) is 42.2 Å². The molecule has 7 nitrogen and oxygen atoms in total. The number of hydrogen-bond acceptors (Lipinski definition) is 5. The minimum absolute atomic E-state index is 0.0134. The molecule has 0 aliphatic carbocycles. The third kappa shape index (κ3) is 5.69. The lowest BCUT2D eigenvalue weighted by Gasteiger charge is -2.35. The fourth-order valence-electron chi connectivity index (χ4n) is 3.65. The van der Waals surface area contributed by atoms with Gasteiger partial charge in [0.25, 0.3) is 5.91 Å². The summed E-state index contributed by atoms with van der Waals surface area (Å²) < 4.78 is 16.0. The lowest BCUT2D eigenvalue weighted by atomic mass is 10.1. The van der Waals surface area contributed by atoms with E-state index >= 15 is 0 Å². The van der Waals surface area contributed by atoms with Gasteiger partial charge in [-0.2, -0.15) is 0 Å². The quantitative estimate of drug-likeness (QED) is 0.649. The number of ether oxygens (including phenoxy) is 3. The molecule has 0 unspecified atom stereocenters. The van der Waals surface area contributed by atoms with E-state index in [2.05, 4.69) is 0 Å². The Morgan fingerprint density at radius 2 is 1.52 bits per heavy atom. The molecule has 1 aliphatic rings. The lowest BCUT2D eigenvalue weighted by Crippen LogP contribution is -2.50. The zero-order chi connectivity index (χ0) is 22.2. The average Bonchev–Trinajstić information content (AvgIpc) is 2.82. The van der Waals surface area contributed by atoms with Gasteiger partial charge >= 0.3 is 0 Å². The highest BCUT2D eigenvalue weighted by atomic mass is 16.5. The Labute approximate surface area is 183 Å². The summed E-state index contributed by atoms with van der Waals surface area (Å²) >= 11 is 0. The van der Waals surface area contributed by atoms with Crippen LogP contribution in [0.15, 0.2) is 42.5 Å². The van der Waals surface area contributed by atoms with Crippen LogP contribution in [0.2, 0.25) is 0 Å². The van der Waals surface area contributed by atoms with Gasteiger partial charge in [0, 0.05) is 38.2 Å². The third-order valence-corrected chi connectivity index (χ3v) is 5.41. The second-order valence-corrected chi connectivity index (χ2v) is 7.32. The van der Waals surface area contributed by atoms with Crippen LogP contribution in [0.5, 0.6) is 17.2 Å². The van der Waals surface area contributed by atoms with Crippen LogP contribution in [0, 0.1) is 0 Å². The molecule has 1 aliphatic heterocycles. The van der Waals surface area contributed by atoms with Crippen molar-refractivity contribution in [2.24, 2.45) is 0 Å². The number of aryl methyl sites for hydroxylation is 1. The highest BCUT2D eigenvalue weighted by Gasteiger charge is 2.24. The Morgan fingerprint density at radius 3 is 2.13 bits per heavy atom. The molecular weight excluding hydrogens is 396 g/mol. The summed E-state index contributed by atoms with van der Waals surface area (Å²) in [5.41, 5.74) is 1.66. The molecule has 0 bridgehead atoms. The number of methoxy groups -OCH3 is 2. The first kappa shape index (κ1) is 22.5. The second kappa shape index (κ2) is 10.7. The third-order valence-electron chi connectivity index (χ3n) is 5.41. The summed E-state index contributed by atoms with van der Waals surface area (Å²) in [6, 6.07) is 12.9. The lowest BCUT2D eigenvalue weighted by molar-refractivity contribution is -0.132. The maximum Gasteiger partial charge on any atom is 0.253 e. The van der Waals surface area contributed by atoms with E-state index in [1.165, 1.54) is 0 Å². The van der Waals surface area contributed by atoms with Crippen molar-refractivity contribution in [3.8, 4) is 17.2 Å². The van der Waals surface area contributed by atoms with Gasteiger partial charge in [-0.3, -0.25) is 9.59 Å². The molecule has 3 rings (SSSR count). The number of benzene rings is 2. The molecule has 1 saturated heterocycles. The molecule has 0 N–H and O–H groups in total. The Balaban J connectivity index is 1.48. The van der Waals surface area contributed by atoms with Crippen molar-refractivity contribution in [3.05, 3.63) is 53.6 Å². The van der Waals surface area contributed by atoms with Gasteiger partial charge in [-0.1, -0.05) is 6.07 Å². The van der Waals surface area contributed by atoms with Crippen molar-refractivity contribution in [1.82, 2.24) is 9.80 Å². The molecular formula is C24H30N2O5. The maximum atomic E-state index is 12.7. The molecule has 2 aromatic carbocycles. The van der Waals surface area contributed by atoms with Crippen LogP contribution in [0.3, 0.4) is 0 Å². The van der Waals surface area contributed by atoms with Crippen molar-refractivity contribution in [3.63, 3.8) is 0 Å². The van der Waals surface area contributed by atoms with E-state index in [-0.39, 0.29) is 11.8 Å². The van der Waals surface area contributed by atoms with Gasteiger partial charge in [0.2, 0.25) is 5.91 Å². The first-order valence-corrected chi connectivity index (χ1v) is 10.6. The molecule has 0 atom stereocenters. The number of amides is 2. The zero-order valence-corrected chi connectivity index (χ0v) is 18.4. The molecule has 7 heteroatoms. The van der Waals surface area contributed by atoms with Crippen LogP contribution in [0.1, 0.15) is 29.3 Å². The van der Waals surface area contributed by atoms with Crippen molar-refractivity contribution < 1.29 is 23.8 Å². The summed E-state index contributed by atoms with van der Waals surface area (Å²) in [5.74, 6) is 2.17. The predicted octanol–water partition coefficient (Wildman–Crippen LogP) is 3.02. The summed E-state index contributed by atoms with van der Waals surface area (Å²) in [6.45, 7) is 4.69. The fraction of sp³-hybridized carbons (Fsp3) is 0.417. The first-order valence-electron chi connectivity index (χ1n) is 10.6. The number of hydrogen-bond donors (Lipinski definition) is 0. The van der Waals surface area contributed by atoms with E-state index in [0.29, 0.717) is 62.7 Å². The Kier molecular flexibility index (Phi) is 7.76. The molecule has 1 heterocycles. The van der Waals surface area contributed by atoms with Crippen LogP contribution in [0.25, 0.3) is 0 Å². The summed E-state index contributed by atoms with van der Waals surface area (Å²) in [7, 11) is 3.20. The number of rotatable bonds is 8. The normalized spacial score (nSPS) is 13.6. The van der Waals surface area contributed by atoms with Crippen LogP contribution < -0.4 is 14.2 Å². The summed E-state index contributed by atoms with van der Waals surface area (Å²) in [4.78, 5) is 29.0.